The number of hydrogen-bond donors (Lipinski definition) is 0. The Hall–Kier alpha value is -0.353. The molecule has 0 aliphatic heterocycles. The van der Waals surface area contributed by atoms with Gasteiger partial charge in [0.15, 0.2) is 0 Å². The minimum Gasteiger partial charge on any atom is -0.356 e. The van der Waals surface area contributed by atoms with Crippen LogP contribution < -0.4 is 0 Å². The average Bonchev–Trinajstić information content (AvgIpc) is 1.25. The van der Waals surface area contributed by atoms with Gasteiger partial charge in [-0.1, -0.05) is 0 Å². The molecule has 0 saturated heterocycles. The largest absolute Gasteiger partial charge is 2.00 e. The molecule has 0 amide bonds. The molecule has 0 unspecified atom stereocenters. The van der Waals surface area contributed by atoms with E-state index in [-0.39, 0.29) is 39.0 Å². The molecule has 0 heterocycles. The maximum Gasteiger partial charge on any atom is 2.00 e. The van der Waals surface area contributed by atoms with E-state index in [9.17, 15) is 0 Å². The molecule has 0 aromatic heterocycles. The van der Waals surface area contributed by atoms with Gasteiger partial charge in [-0.15, -0.1) is 0 Å². The minimum atomic E-state index is -1.75. The first-order chi connectivity index (χ1) is 3.46. The molecule has 0 N–H and O–H groups in total. The normalized spacial score (nSPS) is 4.80. The topological polar surface area (TPSA) is 132 Å². The zero-order valence-electron chi connectivity index (χ0n) is 4.76. The van der Waals surface area contributed by atoms with Crippen molar-refractivity contribution in [3.05, 3.63) is 30.6 Å². The van der Waals surface area contributed by atoms with Gasteiger partial charge in [-0.3, -0.25) is 0 Å². The Morgan fingerprint density at radius 2 is 0.800 bits per heavy atom. The van der Waals surface area contributed by atoms with Gasteiger partial charge in [0, 0.05) is 19.5 Å². The molecule has 0 aromatic rings. The standard InChI is InChI=1S/2NO3.2Zn/c2*2-1(3)4;;/q2*-1;;+2. The van der Waals surface area contributed by atoms with Crippen molar-refractivity contribution >= 4 is 0 Å². The van der Waals surface area contributed by atoms with Crippen LogP contribution in [-0.2, 0) is 39.0 Å². The molecule has 10 heavy (non-hydrogen) atoms. The third-order valence-electron chi connectivity index (χ3n) is 0. The Balaban J connectivity index is -0.0000000300. The first-order valence-electron chi connectivity index (χ1n) is 1.10. The van der Waals surface area contributed by atoms with Gasteiger partial charge in [0.05, 0.1) is 10.2 Å². The van der Waals surface area contributed by atoms with Crippen molar-refractivity contribution in [2.75, 3.05) is 0 Å². The van der Waals surface area contributed by atoms with Crippen LogP contribution in [0, 0.1) is 30.6 Å². The SMILES string of the molecule is O=[N+]([O-])[O-].O=[N+]([O-])[O-].[Zn+2].[Zn]. The zero-order chi connectivity index (χ0) is 7.15. The Morgan fingerprint density at radius 1 is 0.800 bits per heavy atom. The second kappa shape index (κ2) is 15.9. The molecule has 0 aliphatic carbocycles. The van der Waals surface area contributed by atoms with Gasteiger partial charge in [-0.05, 0) is 0 Å². The summed E-state index contributed by atoms with van der Waals surface area (Å²) >= 11 is 0. The molecule has 0 radical (unpaired) electrons. The van der Waals surface area contributed by atoms with Crippen molar-refractivity contribution in [3.8, 4) is 0 Å². The van der Waals surface area contributed by atoms with Crippen LogP contribution >= 0.6 is 0 Å². The molecule has 0 bridgehead atoms. The van der Waals surface area contributed by atoms with Crippen molar-refractivity contribution < 1.29 is 49.1 Å². The summed E-state index contributed by atoms with van der Waals surface area (Å²) in [5.74, 6) is 0. The van der Waals surface area contributed by atoms with Gasteiger partial charge >= 0.3 is 19.5 Å². The van der Waals surface area contributed by atoms with Crippen molar-refractivity contribution in [3.63, 3.8) is 0 Å². The first kappa shape index (κ1) is 22.6. The summed E-state index contributed by atoms with van der Waals surface area (Å²) in [6.07, 6.45) is 0. The van der Waals surface area contributed by atoms with E-state index >= 15 is 0 Å². The zero-order valence-corrected chi connectivity index (χ0v) is 10.7. The summed E-state index contributed by atoms with van der Waals surface area (Å²) in [6, 6.07) is 0. The van der Waals surface area contributed by atoms with Crippen LogP contribution in [0.5, 0.6) is 0 Å². The molecule has 10 heteroatoms. The predicted octanol–water partition coefficient (Wildman–Crippen LogP) is -0.483. The molecule has 0 aliphatic rings. The van der Waals surface area contributed by atoms with Gasteiger partial charge in [0.1, 0.15) is 0 Å². The van der Waals surface area contributed by atoms with Crippen molar-refractivity contribution in [1.29, 1.82) is 0 Å². The van der Waals surface area contributed by atoms with Gasteiger partial charge in [0.2, 0.25) is 0 Å². The van der Waals surface area contributed by atoms with E-state index < -0.39 is 10.2 Å². The molecular formula is N2O6Zn2. The van der Waals surface area contributed by atoms with Crippen LogP contribution in [0.1, 0.15) is 0 Å². The van der Waals surface area contributed by atoms with E-state index in [2.05, 4.69) is 0 Å². The van der Waals surface area contributed by atoms with Crippen molar-refractivity contribution in [1.82, 2.24) is 0 Å². The Bertz CT molecular complexity index is 71.7. The molecule has 8 nitrogen and oxygen atoms in total. The fourth-order valence-electron chi connectivity index (χ4n) is 0. The van der Waals surface area contributed by atoms with E-state index in [0.29, 0.717) is 0 Å². The Morgan fingerprint density at radius 3 is 0.800 bits per heavy atom. The van der Waals surface area contributed by atoms with E-state index in [1.807, 2.05) is 0 Å². The molecule has 0 atom stereocenters. The fourth-order valence-corrected chi connectivity index (χ4v) is 0. The summed E-state index contributed by atoms with van der Waals surface area (Å²) in [5, 5.41) is 29.5. The molecule has 0 aromatic carbocycles. The third kappa shape index (κ3) is 2710. The average molecular weight is 255 g/mol. The van der Waals surface area contributed by atoms with Crippen LogP contribution in [0.4, 0.5) is 0 Å². The summed E-state index contributed by atoms with van der Waals surface area (Å²) in [4.78, 5) is 16.5. The number of hydrogen-bond acceptors (Lipinski definition) is 6. The quantitative estimate of drug-likeness (QED) is 0.326. The fraction of sp³-hybridized carbons (Fsp3) is 0. The van der Waals surface area contributed by atoms with E-state index in [0.717, 1.165) is 0 Å². The molecule has 0 saturated carbocycles. The van der Waals surface area contributed by atoms with Gasteiger partial charge in [0.25, 0.3) is 0 Å². The molecular weight excluding hydrogens is 255 g/mol. The molecule has 0 fully saturated rings. The summed E-state index contributed by atoms with van der Waals surface area (Å²) in [7, 11) is 0. The van der Waals surface area contributed by atoms with Crippen LogP contribution in [0.3, 0.4) is 0 Å². The second-order valence-corrected chi connectivity index (χ2v) is 0.447. The number of nitrogens with zero attached hydrogens (tertiary/aromatic N) is 2. The van der Waals surface area contributed by atoms with E-state index in [4.69, 9.17) is 30.6 Å². The van der Waals surface area contributed by atoms with Crippen molar-refractivity contribution in [2.24, 2.45) is 0 Å². The summed E-state index contributed by atoms with van der Waals surface area (Å²) < 4.78 is 0. The monoisotopic (exact) mass is 252 g/mol. The maximum absolute atomic E-state index is 8.25. The van der Waals surface area contributed by atoms with Gasteiger partial charge < -0.3 is 30.6 Å². The Kier molecular flexibility index (Phi) is 35.9. The molecule has 0 spiro atoms. The minimum absolute atomic E-state index is 0. The maximum atomic E-state index is 8.25. The predicted molar refractivity (Wildman–Crippen MR) is 20.7 cm³/mol. The van der Waals surface area contributed by atoms with Crippen LogP contribution in [-0.4, -0.2) is 10.2 Å². The number of rotatable bonds is 0. The van der Waals surface area contributed by atoms with Crippen LogP contribution in [0.15, 0.2) is 0 Å². The smallest absolute Gasteiger partial charge is 0.356 e. The van der Waals surface area contributed by atoms with E-state index in [1.54, 1.807) is 0 Å². The van der Waals surface area contributed by atoms with Crippen LogP contribution in [0.25, 0.3) is 0 Å². The first-order valence-corrected chi connectivity index (χ1v) is 1.10. The molecule has 50 valence electrons. The van der Waals surface area contributed by atoms with Gasteiger partial charge in [-0.2, -0.15) is 0 Å². The summed E-state index contributed by atoms with van der Waals surface area (Å²) in [6.45, 7) is 0. The third-order valence-corrected chi connectivity index (χ3v) is 0. The van der Waals surface area contributed by atoms with Crippen LogP contribution in [0.2, 0.25) is 0 Å². The van der Waals surface area contributed by atoms with Crippen molar-refractivity contribution in [2.45, 2.75) is 0 Å². The second-order valence-electron chi connectivity index (χ2n) is 0.447. The summed E-state index contributed by atoms with van der Waals surface area (Å²) in [5.41, 5.74) is 0. The van der Waals surface area contributed by atoms with E-state index in [1.165, 1.54) is 0 Å². The molecule has 0 rings (SSSR count). The van der Waals surface area contributed by atoms with Gasteiger partial charge in [-0.25, -0.2) is 0 Å². The Labute approximate surface area is 79.9 Å².